The van der Waals surface area contributed by atoms with E-state index in [0.29, 0.717) is 17.1 Å². The van der Waals surface area contributed by atoms with Gasteiger partial charge in [-0.2, -0.15) is 46.7 Å². The van der Waals surface area contributed by atoms with Crippen LogP contribution in [-0.4, -0.2) is 106 Å². The Balaban J connectivity index is 1.30. The molecule has 306 valence electrons. The zero-order valence-electron chi connectivity index (χ0n) is 31.5. The summed E-state index contributed by atoms with van der Waals surface area (Å²) >= 11 is 0. The average Bonchev–Trinajstić information content (AvgIpc) is 3.20. The standard InChI is InChI=1S/C38H39N11O8S2/c1-48(19-21-50)37-43-33(27-9-5-3-6-10-27)42-34(45-37)40-29-17-15-25(31(23-29)58(52,53)54)13-14-26-16-18-30(24-32(26)59(55,56)57)41-36-44-35(39-28-11-7-4-8-12-28)46-38(47-36)49(2)20-22-51/h3-18,23-24,50-51H,19-22H2,1-2H3,(H,52,53,54)(H,55,56,57)(H,40,42,43,45)(H2,39,41,44,46,47)/b14-13+. The van der Waals surface area contributed by atoms with Crippen molar-refractivity contribution in [2.75, 3.05) is 66.1 Å². The Kier molecular flexibility index (Phi) is 13.0. The van der Waals surface area contributed by atoms with Gasteiger partial charge in [-0.1, -0.05) is 72.8 Å². The highest BCUT2D eigenvalue weighted by Gasteiger charge is 2.20. The second-order valence-electron chi connectivity index (χ2n) is 12.8. The van der Waals surface area contributed by atoms with Crippen molar-refractivity contribution in [1.82, 2.24) is 29.9 Å². The fourth-order valence-electron chi connectivity index (χ4n) is 5.49. The molecule has 0 saturated carbocycles. The van der Waals surface area contributed by atoms with Crippen molar-refractivity contribution < 1.29 is 36.2 Å². The molecule has 0 amide bonds. The van der Waals surface area contributed by atoms with Crippen LogP contribution in [0.15, 0.2) is 107 Å². The van der Waals surface area contributed by atoms with Gasteiger partial charge in [0.15, 0.2) is 5.82 Å². The summed E-state index contributed by atoms with van der Waals surface area (Å²) in [5.41, 5.74) is 1.66. The molecule has 59 heavy (non-hydrogen) atoms. The lowest BCUT2D eigenvalue weighted by Gasteiger charge is -2.18. The number of hydrogen-bond acceptors (Lipinski definition) is 17. The van der Waals surface area contributed by atoms with Crippen LogP contribution in [0.4, 0.5) is 46.8 Å². The predicted molar refractivity (Wildman–Crippen MR) is 224 cm³/mol. The largest absolute Gasteiger partial charge is 0.395 e. The molecule has 0 bridgehead atoms. The molecule has 0 spiro atoms. The number of para-hydroxylation sites is 1. The number of benzene rings is 4. The third-order valence-corrected chi connectivity index (χ3v) is 10.2. The molecule has 7 N–H and O–H groups in total. The van der Waals surface area contributed by atoms with Crippen molar-refractivity contribution in [3.05, 3.63) is 108 Å². The second kappa shape index (κ2) is 18.3. The van der Waals surface area contributed by atoms with Gasteiger partial charge >= 0.3 is 0 Å². The Morgan fingerprint density at radius 2 is 0.966 bits per heavy atom. The van der Waals surface area contributed by atoms with E-state index < -0.39 is 30.0 Å². The van der Waals surface area contributed by atoms with Crippen LogP contribution in [0.25, 0.3) is 23.5 Å². The highest BCUT2D eigenvalue weighted by Crippen LogP contribution is 2.29. The topological polar surface area (TPSA) is 269 Å². The number of aliphatic hydroxyl groups excluding tert-OH is 2. The Morgan fingerprint density at radius 3 is 1.42 bits per heavy atom. The van der Waals surface area contributed by atoms with Crippen molar-refractivity contribution >= 4 is 79.2 Å². The molecule has 6 aromatic rings. The number of likely N-dealkylation sites (N-methyl/N-ethyl adjacent to an activating group) is 2. The smallest absolute Gasteiger partial charge is 0.295 e. The van der Waals surface area contributed by atoms with E-state index >= 15 is 0 Å². The minimum absolute atomic E-state index is 0.0103. The number of anilines is 8. The fourth-order valence-corrected chi connectivity index (χ4v) is 6.91. The number of aromatic nitrogens is 6. The molecule has 0 fully saturated rings. The second-order valence-corrected chi connectivity index (χ2v) is 15.5. The van der Waals surface area contributed by atoms with Gasteiger partial charge in [0.1, 0.15) is 9.79 Å². The van der Waals surface area contributed by atoms with E-state index in [2.05, 4.69) is 45.9 Å². The quantitative estimate of drug-likeness (QED) is 0.0493. The molecule has 0 aliphatic rings. The number of nitrogens with zero attached hydrogens (tertiary/aromatic N) is 8. The van der Waals surface area contributed by atoms with Gasteiger partial charge in [-0.3, -0.25) is 9.11 Å². The van der Waals surface area contributed by atoms with Crippen LogP contribution in [0.2, 0.25) is 0 Å². The maximum Gasteiger partial charge on any atom is 0.295 e. The average molecular weight is 842 g/mol. The summed E-state index contributed by atoms with van der Waals surface area (Å²) in [4.78, 5) is 28.7. The van der Waals surface area contributed by atoms with Gasteiger partial charge in [0.25, 0.3) is 20.2 Å². The molecule has 6 rings (SSSR count). The maximum absolute atomic E-state index is 12.6. The van der Waals surface area contributed by atoms with Crippen molar-refractivity contribution in [3.8, 4) is 11.4 Å². The van der Waals surface area contributed by atoms with Crippen LogP contribution >= 0.6 is 0 Å². The van der Waals surface area contributed by atoms with Crippen LogP contribution in [0.1, 0.15) is 11.1 Å². The van der Waals surface area contributed by atoms with Crippen LogP contribution in [0, 0.1) is 0 Å². The molecule has 2 heterocycles. The number of nitrogens with one attached hydrogen (secondary N) is 3. The van der Waals surface area contributed by atoms with E-state index in [4.69, 9.17) is 0 Å². The molecular weight excluding hydrogens is 803 g/mol. The summed E-state index contributed by atoms with van der Waals surface area (Å²) < 4.78 is 71.0. The first-order valence-electron chi connectivity index (χ1n) is 17.7. The van der Waals surface area contributed by atoms with Crippen molar-refractivity contribution in [1.29, 1.82) is 0 Å². The summed E-state index contributed by atoms with van der Waals surface area (Å²) in [6.45, 7) is 0.0986. The Hall–Kier alpha value is -6.62. The maximum atomic E-state index is 12.6. The van der Waals surface area contributed by atoms with Crippen molar-refractivity contribution in [2.24, 2.45) is 0 Å². The Morgan fingerprint density at radius 1 is 0.542 bits per heavy atom. The molecule has 0 atom stereocenters. The molecule has 0 unspecified atom stereocenters. The molecule has 2 aromatic heterocycles. The summed E-state index contributed by atoms with van der Waals surface area (Å²) in [6.07, 6.45) is 2.53. The summed E-state index contributed by atoms with van der Waals surface area (Å²) in [7, 11) is -6.35. The Labute approximate surface area is 339 Å². The number of rotatable bonds is 17. The highest BCUT2D eigenvalue weighted by atomic mass is 32.2. The monoisotopic (exact) mass is 841 g/mol. The van der Waals surface area contributed by atoms with Gasteiger partial charge in [0.05, 0.1) is 13.2 Å². The van der Waals surface area contributed by atoms with E-state index in [1.807, 2.05) is 36.4 Å². The van der Waals surface area contributed by atoms with E-state index in [9.17, 15) is 36.2 Å². The zero-order valence-corrected chi connectivity index (χ0v) is 33.2. The third kappa shape index (κ3) is 11.1. The molecular formula is C38H39N11O8S2. The lowest BCUT2D eigenvalue weighted by molar-refractivity contribution is 0.303. The summed E-state index contributed by atoms with van der Waals surface area (Å²) in [6, 6.07) is 26.2. The summed E-state index contributed by atoms with van der Waals surface area (Å²) in [5.74, 6) is 0.942. The molecule has 0 radical (unpaired) electrons. The zero-order chi connectivity index (χ0) is 42.2. The highest BCUT2D eigenvalue weighted by molar-refractivity contribution is 7.86. The fraction of sp³-hybridized carbons (Fsp3) is 0.158. The molecule has 19 nitrogen and oxygen atoms in total. The predicted octanol–water partition coefficient (Wildman–Crippen LogP) is 4.48. The van der Waals surface area contributed by atoms with Gasteiger partial charge in [0.2, 0.25) is 29.7 Å². The molecule has 0 saturated heterocycles. The normalized spacial score (nSPS) is 11.7. The lowest BCUT2D eigenvalue weighted by atomic mass is 10.1. The van der Waals surface area contributed by atoms with Gasteiger partial charge < -0.3 is 36.0 Å². The Bertz CT molecular complexity index is 2680. The first-order chi connectivity index (χ1) is 28.2. The first kappa shape index (κ1) is 42.0. The molecule has 21 heteroatoms. The van der Waals surface area contributed by atoms with Crippen LogP contribution in [0.3, 0.4) is 0 Å². The van der Waals surface area contributed by atoms with Crippen LogP contribution < -0.4 is 25.8 Å². The van der Waals surface area contributed by atoms with Gasteiger partial charge in [0, 0.05) is 49.8 Å². The van der Waals surface area contributed by atoms with Crippen molar-refractivity contribution in [3.63, 3.8) is 0 Å². The van der Waals surface area contributed by atoms with E-state index in [-0.39, 0.29) is 78.5 Å². The number of aliphatic hydroxyl groups is 2. The molecule has 0 aliphatic carbocycles. The SMILES string of the molecule is CN(CCO)c1nc(Nc2ccccc2)nc(Nc2ccc(/C=C/c3ccc(Nc4nc(-c5ccccc5)nc(N(C)CCO)n4)cc3S(=O)(=O)O)c(S(=O)(=O)O)c2)n1. The lowest BCUT2D eigenvalue weighted by Crippen LogP contribution is -2.24. The number of hydrogen-bond donors (Lipinski definition) is 7. The molecule has 4 aromatic carbocycles. The van der Waals surface area contributed by atoms with Crippen LogP contribution in [-0.2, 0) is 20.2 Å². The van der Waals surface area contributed by atoms with Gasteiger partial charge in [-0.15, -0.1) is 0 Å². The van der Waals surface area contributed by atoms with Crippen molar-refractivity contribution in [2.45, 2.75) is 9.79 Å². The minimum atomic E-state index is -4.85. The summed E-state index contributed by atoms with van der Waals surface area (Å²) in [5, 5.41) is 27.9. The minimum Gasteiger partial charge on any atom is -0.395 e. The van der Waals surface area contributed by atoms with Crippen LogP contribution in [0.5, 0.6) is 0 Å². The van der Waals surface area contributed by atoms with E-state index in [1.54, 1.807) is 48.2 Å². The third-order valence-electron chi connectivity index (χ3n) is 8.40. The molecule has 0 aliphatic heterocycles. The van der Waals surface area contributed by atoms with Gasteiger partial charge in [-0.05, 0) is 47.5 Å². The van der Waals surface area contributed by atoms with E-state index in [0.717, 1.165) is 12.1 Å². The first-order valence-corrected chi connectivity index (χ1v) is 20.6. The van der Waals surface area contributed by atoms with Gasteiger partial charge in [-0.25, -0.2) is 0 Å². The van der Waals surface area contributed by atoms with E-state index in [1.165, 1.54) is 36.4 Å².